The first-order valence-electron chi connectivity index (χ1n) is 9.15. The molecule has 0 unspecified atom stereocenters. The van der Waals surface area contributed by atoms with E-state index in [4.69, 9.17) is 14.0 Å². The number of halogens is 1. The molecule has 1 aromatic heterocycles. The number of carbonyl (C=O) groups excluding carboxylic acids is 1. The lowest BCUT2D eigenvalue weighted by Crippen LogP contribution is -2.25. The third kappa shape index (κ3) is 5.54. The average molecular weight is 399 g/mol. The number of hydrogen-bond acceptors (Lipinski definition) is 6. The topological polar surface area (TPSA) is 86.5 Å². The van der Waals surface area contributed by atoms with E-state index in [9.17, 15) is 9.18 Å². The number of carbonyl (C=O) groups is 1. The van der Waals surface area contributed by atoms with E-state index in [0.29, 0.717) is 42.6 Å². The maximum Gasteiger partial charge on any atom is 0.227 e. The van der Waals surface area contributed by atoms with Gasteiger partial charge in [-0.05, 0) is 42.3 Å². The molecule has 3 aromatic rings. The van der Waals surface area contributed by atoms with Gasteiger partial charge in [0.05, 0.1) is 14.2 Å². The standard InChI is InChI=1S/C21H22FN3O4/c1-27-17-7-6-15(13-18(17)28-2)21-24-20(29-25-21)9-8-19(26)23-11-10-14-4-3-5-16(22)12-14/h3-7,12-13H,8-11H2,1-2H3,(H,23,26). The summed E-state index contributed by atoms with van der Waals surface area (Å²) in [7, 11) is 3.11. The minimum absolute atomic E-state index is 0.132. The minimum Gasteiger partial charge on any atom is -0.493 e. The van der Waals surface area contributed by atoms with Gasteiger partial charge in [-0.2, -0.15) is 4.98 Å². The second kappa shape index (κ2) is 9.68. The highest BCUT2D eigenvalue weighted by molar-refractivity contribution is 5.76. The number of aryl methyl sites for hydroxylation is 1. The molecule has 0 spiro atoms. The van der Waals surface area contributed by atoms with Gasteiger partial charge >= 0.3 is 0 Å². The van der Waals surface area contributed by atoms with Crippen molar-refractivity contribution in [3.8, 4) is 22.9 Å². The zero-order valence-corrected chi connectivity index (χ0v) is 16.3. The number of benzene rings is 2. The molecule has 0 fully saturated rings. The van der Waals surface area contributed by atoms with Crippen molar-refractivity contribution in [1.82, 2.24) is 15.5 Å². The third-order valence-corrected chi connectivity index (χ3v) is 4.30. The van der Waals surface area contributed by atoms with E-state index in [1.165, 1.54) is 12.1 Å². The van der Waals surface area contributed by atoms with Crippen molar-refractivity contribution in [2.45, 2.75) is 19.3 Å². The summed E-state index contributed by atoms with van der Waals surface area (Å²) in [6.07, 6.45) is 1.11. The van der Waals surface area contributed by atoms with Gasteiger partial charge in [-0.25, -0.2) is 4.39 Å². The van der Waals surface area contributed by atoms with Crippen LogP contribution in [-0.4, -0.2) is 36.8 Å². The molecule has 1 heterocycles. The quantitative estimate of drug-likeness (QED) is 0.595. The Morgan fingerprint density at radius 3 is 2.69 bits per heavy atom. The molecule has 0 aliphatic carbocycles. The van der Waals surface area contributed by atoms with Gasteiger partial charge in [0.2, 0.25) is 17.6 Å². The van der Waals surface area contributed by atoms with E-state index >= 15 is 0 Å². The highest BCUT2D eigenvalue weighted by Crippen LogP contribution is 2.31. The molecule has 7 nitrogen and oxygen atoms in total. The minimum atomic E-state index is -0.282. The van der Waals surface area contributed by atoms with Crippen molar-refractivity contribution in [3.05, 3.63) is 59.7 Å². The van der Waals surface area contributed by atoms with Crippen LogP contribution in [0.1, 0.15) is 17.9 Å². The summed E-state index contributed by atoms with van der Waals surface area (Å²) in [4.78, 5) is 16.3. The Labute approximate surface area is 167 Å². The molecule has 152 valence electrons. The average Bonchev–Trinajstić information content (AvgIpc) is 3.21. The molecule has 0 saturated carbocycles. The van der Waals surface area contributed by atoms with Crippen LogP contribution in [0.25, 0.3) is 11.4 Å². The number of hydrogen-bond donors (Lipinski definition) is 1. The first-order valence-corrected chi connectivity index (χ1v) is 9.15. The SMILES string of the molecule is COc1ccc(-c2noc(CCC(=O)NCCc3cccc(F)c3)n2)cc1OC. The van der Waals surface area contributed by atoms with Crippen LogP contribution in [0.2, 0.25) is 0 Å². The van der Waals surface area contributed by atoms with E-state index in [-0.39, 0.29) is 18.1 Å². The van der Waals surface area contributed by atoms with Crippen LogP contribution in [0, 0.1) is 5.82 Å². The predicted molar refractivity (Wildman–Crippen MR) is 104 cm³/mol. The normalized spacial score (nSPS) is 10.6. The molecule has 8 heteroatoms. The molecule has 1 amide bonds. The second-order valence-corrected chi connectivity index (χ2v) is 6.31. The Morgan fingerprint density at radius 2 is 1.93 bits per heavy atom. The lowest BCUT2D eigenvalue weighted by molar-refractivity contribution is -0.121. The highest BCUT2D eigenvalue weighted by atomic mass is 19.1. The summed E-state index contributed by atoms with van der Waals surface area (Å²) in [5.41, 5.74) is 1.55. The number of rotatable bonds is 9. The first-order chi connectivity index (χ1) is 14.1. The fraction of sp³-hybridized carbons (Fsp3) is 0.286. The maximum atomic E-state index is 13.1. The molecule has 0 saturated heterocycles. The van der Waals surface area contributed by atoms with E-state index < -0.39 is 0 Å². The summed E-state index contributed by atoms with van der Waals surface area (Å²) in [6.45, 7) is 0.434. The fourth-order valence-corrected chi connectivity index (χ4v) is 2.80. The molecule has 2 aromatic carbocycles. The van der Waals surface area contributed by atoms with Crippen LogP contribution in [0.3, 0.4) is 0 Å². The molecule has 29 heavy (non-hydrogen) atoms. The van der Waals surface area contributed by atoms with E-state index in [1.54, 1.807) is 38.5 Å². The third-order valence-electron chi connectivity index (χ3n) is 4.30. The molecular weight excluding hydrogens is 377 g/mol. The Morgan fingerprint density at radius 1 is 1.10 bits per heavy atom. The number of nitrogens with zero attached hydrogens (tertiary/aromatic N) is 2. The summed E-state index contributed by atoms with van der Waals surface area (Å²) < 4.78 is 28.9. The molecule has 1 N–H and O–H groups in total. The zero-order valence-electron chi connectivity index (χ0n) is 16.3. The van der Waals surface area contributed by atoms with Crippen LogP contribution < -0.4 is 14.8 Å². The number of amides is 1. The van der Waals surface area contributed by atoms with Crippen LogP contribution >= 0.6 is 0 Å². The van der Waals surface area contributed by atoms with Crippen molar-refractivity contribution in [1.29, 1.82) is 0 Å². The van der Waals surface area contributed by atoms with Crippen LogP contribution in [0.15, 0.2) is 47.0 Å². The summed E-state index contributed by atoms with van der Waals surface area (Å²) in [5, 5.41) is 6.76. The Bertz CT molecular complexity index is 974. The van der Waals surface area contributed by atoms with Crippen LogP contribution in [-0.2, 0) is 17.6 Å². The van der Waals surface area contributed by atoms with Crippen molar-refractivity contribution >= 4 is 5.91 Å². The Hall–Kier alpha value is -3.42. The molecule has 3 rings (SSSR count). The van der Waals surface area contributed by atoms with Crippen LogP contribution in [0.5, 0.6) is 11.5 Å². The number of methoxy groups -OCH3 is 2. The van der Waals surface area contributed by atoms with Crippen LogP contribution in [0.4, 0.5) is 4.39 Å². The Balaban J connectivity index is 1.49. The highest BCUT2D eigenvalue weighted by Gasteiger charge is 2.13. The van der Waals surface area contributed by atoms with Gasteiger partial charge in [0, 0.05) is 24.9 Å². The maximum absolute atomic E-state index is 13.1. The van der Waals surface area contributed by atoms with E-state index in [1.807, 2.05) is 6.07 Å². The van der Waals surface area contributed by atoms with Gasteiger partial charge in [0.1, 0.15) is 5.82 Å². The zero-order chi connectivity index (χ0) is 20.6. The van der Waals surface area contributed by atoms with Gasteiger partial charge < -0.3 is 19.3 Å². The summed E-state index contributed by atoms with van der Waals surface area (Å²) in [6, 6.07) is 11.6. The number of nitrogens with one attached hydrogen (secondary N) is 1. The predicted octanol–water partition coefficient (Wildman–Crippen LogP) is 3.18. The second-order valence-electron chi connectivity index (χ2n) is 6.31. The lowest BCUT2D eigenvalue weighted by atomic mass is 10.1. The molecule has 0 bridgehead atoms. The van der Waals surface area contributed by atoms with Crippen molar-refractivity contribution < 1.29 is 23.2 Å². The van der Waals surface area contributed by atoms with Gasteiger partial charge in [0.25, 0.3) is 0 Å². The molecular formula is C21H22FN3O4. The summed E-state index contributed by atoms with van der Waals surface area (Å²) >= 11 is 0. The largest absolute Gasteiger partial charge is 0.493 e. The fourth-order valence-electron chi connectivity index (χ4n) is 2.80. The molecule has 0 atom stereocenters. The lowest BCUT2D eigenvalue weighted by Gasteiger charge is -2.07. The monoisotopic (exact) mass is 399 g/mol. The first kappa shape index (κ1) is 20.3. The molecule has 0 aliphatic rings. The van der Waals surface area contributed by atoms with Crippen molar-refractivity contribution in [2.75, 3.05) is 20.8 Å². The van der Waals surface area contributed by atoms with Crippen molar-refractivity contribution in [3.63, 3.8) is 0 Å². The molecule has 0 aliphatic heterocycles. The summed E-state index contributed by atoms with van der Waals surface area (Å²) in [5.74, 6) is 1.54. The van der Waals surface area contributed by atoms with Gasteiger partial charge in [0.15, 0.2) is 11.5 Å². The van der Waals surface area contributed by atoms with Crippen molar-refractivity contribution in [2.24, 2.45) is 0 Å². The van der Waals surface area contributed by atoms with E-state index in [2.05, 4.69) is 15.5 Å². The van der Waals surface area contributed by atoms with Gasteiger partial charge in [-0.15, -0.1) is 0 Å². The van der Waals surface area contributed by atoms with E-state index in [0.717, 1.165) is 11.1 Å². The number of ether oxygens (including phenoxy) is 2. The molecule has 0 radical (unpaired) electrons. The Kier molecular flexibility index (Phi) is 6.78. The smallest absolute Gasteiger partial charge is 0.227 e. The van der Waals surface area contributed by atoms with Gasteiger partial charge in [-0.1, -0.05) is 17.3 Å². The van der Waals surface area contributed by atoms with Gasteiger partial charge in [-0.3, -0.25) is 4.79 Å². The number of aromatic nitrogens is 2.